The van der Waals surface area contributed by atoms with Crippen LogP contribution in [-0.2, 0) is 16.0 Å². The Hall–Kier alpha value is -1.88. The van der Waals surface area contributed by atoms with Gasteiger partial charge in [0.25, 0.3) is 0 Å². The second-order valence-corrected chi connectivity index (χ2v) is 5.53. The zero-order valence-corrected chi connectivity index (χ0v) is 12.4. The van der Waals surface area contributed by atoms with E-state index < -0.39 is 5.97 Å². The fraction of sp³-hybridized carbons (Fsp3) is 0.500. The Bertz CT molecular complexity index is 491. The molecule has 0 bridgehead atoms. The smallest absolute Gasteiger partial charge is 0.304 e. The van der Waals surface area contributed by atoms with E-state index in [1.165, 1.54) is 5.56 Å². The van der Waals surface area contributed by atoms with Gasteiger partial charge in [-0.2, -0.15) is 0 Å². The number of carboxylic acids is 1. The van der Waals surface area contributed by atoms with Gasteiger partial charge in [0.05, 0.1) is 12.8 Å². The first-order valence-corrected chi connectivity index (χ1v) is 7.32. The molecule has 0 radical (unpaired) electrons. The summed E-state index contributed by atoms with van der Waals surface area (Å²) in [6.07, 6.45) is 0.604. The molecule has 21 heavy (non-hydrogen) atoms. The molecule has 0 spiro atoms. The number of piperazine rings is 1. The molecule has 1 aromatic carbocycles. The SMILES string of the molecule is Cc1ccc(CC(=O)N2CCN(CCC(=O)O)CC2)cc1. The van der Waals surface area contributed by atoms with Gasteiger partial charge in [0, 0.05) is 32.7 Å². The Kier molecular flexibility index (Phi) is 5.33. The summed E-state index contributed by atoms with van der Waals surface area (Å²) in [5.74, 6) is -0.621. The molecular formula is C16H22N2O3. The highest BCUT2D eigenvalue weighted by Crippen LogP contribution is 2.08. The summed E-state index contributed by atoms with van der Waals surface area (Å²) in [6, 6.07) is 8.03. The van der Waals surface area contributed by atoms with Crippen molar-refractivity contribution in [1.82, 2.24) is 9.80 Å². The predicted octanol–water partition coefficient (Wildman–Crippen LogP) is 1.16. The zero-order chi connectivity index (χ0) is 15.2. The number of rotatable bonds is 5. The van der Waals surface area contributed by atoms with Crippen LogP contribution in [0.2, 0.25) is 0 Å². The maximum atomic E-state index is 12.2. The van der Waals surface area contributed by atoms with Crippen molar-refractivity contribution in [3.63, 3.8) is 0 Å². The molecule has 0 aliphatic carbocycles. The highest BCUT2D eigenvalue weighted by atomic mass is 16.4. The molecule has 2 rings (SSSR count). The van der Waals surface area contributed by atoms with Crippen LogP contribution in [0.3, 0.4) is 0 Å². The van der Waals surface area contributed by atoms with Crippen LogP contribution in [-0.4, -0.2) is 59.5 Å². The van der Waals surface area contributed by atoms with E-state index in [9.17, 15) is 9.59 Å². The Labute approximate surface area is 125 Å². The van der Waals surface area contributed by atoms with Gasteiger partial charge >= 0.3 is 5.97 Å². The molecule has 1 aromatic rings. The van der Waals surface area contributed by atoms with Gasteiger partial charge in [-0.1, -0.05) is 29.8 Å². The summed E-state index contributed by atoms with van der Waals surface area (Å²) >= 11 is 0. The fourth-order valence-electron chi connectivity index (χ4n) is 2.47. The van der Waals surface area contributed by atoms with Crippen LogP contribution in [0.1, 0.15) is 17.5 Å². The first-order chi connectivity index (χ1) is 10.0. The van der Waals surface area contributed by atoms with E-state index in [0.29, 0.717) is 26.1 Å². The highest BCUT2D eigenvalue weighted by molar-refractivity contribution is 5.78. The summed E-state index contributed by atoms with van der Waals surface area (Å²) < 4.78 is 0. The van der Waals surface area contributed by atoms with Crippen LogP contribution >= 0.6 is 0 Å². The van der Waals surface area contributed by atoms with Crippen molar-refractivity contribution in [3.05, 3.63) is 35.4 Å². The van der Waals surface area contributed by atoms with Gasteiger partial charge in [0.15, 0.2) is 0 Å². The maximum Gasteiger partial charge on any atom is 0.304 e. The van der Waals surface area contributed by atoms with E-state index in [4.69, 9.17) is 5.11 Å². The Morgan fingerprint density at radius 1 is 1.10 bits per heavy atom. The number of amides is 1. The number of carboxylic acid groups (broad SMARTS) is 1. The van der Waals surface area contributed by atoms with Gasteiger partial charge < -0.3 is 10.0 Å². The van der Waals surface area contributed by atoms with Crippen molar-refractivity contribution < 1.29 is 14.7 Å². The van der Waals surface area contributed by atoms with Crippen molar-refractivity contribution in [1.29, 1.82) is 0 Å². The molecule has 1 N–H and O–H groups in total. The van der Waals surface area contributed by atoms with Crippen LogP contribution in [0.4, 0.5) is 0 Å². The lowest BCUT2D eigenvalue weighted by molar-refractivity contribution is -0.138. The number of hydrogen-bond acceptors (Lipinski definition) is 3. The molecule has 1 fully saturated rings. The monoisotopic (exact) mass is 290 g/mol. The minimum absolute atomic E-state index is 0.150. The maximum absolute atomic E-state index is 12.2. The largest absolute Gasteiger partial charge is 0.481 e. The molecule has 5 nitrogen and oxygen atoms in total. The van der Waals surface area contributed by atoms with Crippen LogP contribution in [0.15, 0.2) is 24.3 Å². The summed E-state index contributed by atoms with van der Waals surface area (Å²) in [7, 11) is 0. The molecular weight excluding hydrogens is 268 g/mol. The lowest BCUT2D eigenvalue weighted by Gasteiger charge is -2.34. The molecule has 1 saturated heterocycles. The van der Waals surface area contributed by atoms with Crippen LogP contribution in [0.5, 0.6) is 0 Å². The first-order valence-electron chi connectivity index (χ1n) is 7.32. The van der Waals surface area contributed by atoms with Gasteiger partial charge in [0.1, 0.15) is 0 Å². The predicted molar refractivity (Wildman–Crippen MR) is 80.2 cm³/mol. The number of aryl methyl sites for hydroxylation is 1. The number of benzene rings is 1. The number of hydrogen-bond donors (Lipinski definition) is 1. The lowest BCUT2D eigenvalue weighted by atomic mass is 10.1. The minimum Gasteiger partial charge on any atom is -0.481 e. The molecule has 1 heterocycles. The molecule has 0 saturated carbocycles. The summed E-state index contributed by atoms with van der Waals surface area (Å²) in [5.41, 5.74) is 2.23. The van der Waals surface area contributed by atoms with Crippen molar-refractivity contribution in [3.8, 4) is 0 Å². The van der Waals surface area contributed by atoms with Crippen molar-refractivity contribution in [2.45, 2.75) is 19.8 Å². The van der Waals surface area contributed by atoms with Crippen molar-refractivity contribution in [2.24, 2.45) is 0 Å². The van der Waals surface area contributed by atoms with E-state index in [2.05, 4.69) is 4.90 Å². The lowest BCUT2D eigenvalue weighted by Crippen LogP contribution is -2.49. The second kappa shape index (κ2) is 7.22. The highest BCUT2D eigenvalue weighted by Gasteiger charge is 2.21. The van der Waals surface area contributed by atoms with E-state index in [1.54, 1.807) is 0 Å². The normalized spacial score (nSPS) is 16.0. The third kappa shape index (κ3) is 4.86. The quantitative estimate of drug-likeness (QED) is 0.884. The summed E-state index contributed by atoms with van der Waals surface area (Å²) in [5, 5.41) is 8.68. The van der Waals surface area contributed by atoms with Gasteiger partial charge in [0.2, 0.25) is 5.91 Å². The summed E-state index contributed by atoms with van der Waals surface area (Å²) in [4.78, 5) is 26.8. The van der Waals surface area contributed by atoms with E-state index in [-0.39, 0.29) is 12.3 Å². The molecule has 0 aromatic heterocycles. The van der Waals surface area contributed by atoms with Crippen LogP contribution in [0.25, 0.3) is 0 Å². The molecule has 114 valence electrons. The molecule has 0 unspecified atom stereocenters. The third-order valence-electron chi connectivity index (χ3n) is 3.84. The average molecular weight is 290 g/mol. The van der Waals surface area contributed by atoms with Gasteiger partial charge in [-0.25, -0.2) is 0 Å². The van der Waals surface area contributed by atoms with E-state index >= 15 is 0 Å². The van der Waals surface area contributed by atoms with Crippen molar-refractivity contribution in [2.75, 3.05) is 32.7 Å². The molecule has 1 amide bonds. The number of nitrogens with zero attached hydrogens (tertiary/aromatic N) is 2. The fourth-order valence-corrected chi connectivity index (χ4v) is 2.47. The molecule has 5 heteroatoms. The van der Waals surface area contributed by atoms with Gasteiger partial charge in [-0.05, 0) is 12.5 Å². The molecule has 1 aliphatic heterocycles. The molecule has 1 aliphatic rings. The Morgan fingerprint density at radius 3 is 2.29 bits per heavy atom. The van der Waals surface area contributed by atoms with Crippen LogP contribution < -0.4 is 0 Å². The average Bonchev–Trinajstić information content (AvgIpc) is 2.48. The topological polar surface area (TPSA) is 60.9 Å². The second-order valence-electron chi connectivity index (χ2n) is 5.53. The first kappa shape index (κ1) is 15.5. The standard InChI is InChI=1S/C16H22N2O3/c1-13-2-4-14(5-3-13)12-15(19)18-10-8-17(9-11-18)7-6-16(20)21/h2-5H,6-12H2,1H3,(H,20,21). The van der Waals surface area contributed by atoms with E-state index in [0.717, 1.165) is 18.7 Å². The molecule has 0 atom stereocenters. The van der Waals surface area contributed by atoms with E-state index in [1.807, 2.05) is 36.1 Å². The van der Waals surface area contributed by atoms with Gasteiger partial charge in [-0.3, -0.25) is 14.5 Å². The summed E-state index contributed by atoms with van der Waals surface area (Å²) in [6.45, 7) is 5.48. The third-order valence-corrected chi connectivity index (χ3v) is 3.84. The number of carbonyl (C=O) groups excluding carboxylic acids is 1. The zero-order valence-electron chi connectivity index (χ0n) is 12.4. The van der Waals surface area contributed by atoms with Crippen LogP contribution in [0, 0.1) is 6.92 Å². The number of aliphatic carboxylic acids is 1. The number of carbonyl (C=O) groups is 2. The minimum atomic E-state index is -0.770. The Morgan fingerprint density at radius 2 is 1.71 bits per heavy atom. The Balaban J connectivity index is 1.77. The van der Waals surface area contributed by atoms with Crippen molar-refractivity contribution >= 4 is 11.9 Å². The van der Waals surface area contributed by atoms with Gasteiger partial charge in [-0.15, -0.1) is 0 Å².